The zero-order valence-electron chi connectivity index (χ0n) is 17.3. The molecule has 4 amide bonds. The molecule has 5 rings (SSSR count). The second-order valence-electron chi connectivity index (χ2n) is 8.27. The highest BCUT2D eigenvalue weighted by molar-refractivity contribution is 6.23. The summed E-state index contributed by atoms with van der Waals surface area (Å²) >= 11 is 0. The third-order valence-electron chi connectivity index (χ3n) is 6.11. The largest absolute Gasteiger partial charge is 0.315 e. The Morgan fingerprint density at radius 1 is 1.06 bits per heavy atom. The van der Waals surface area contributed by atoms with E-state index in [9.17, 15) is 19.2 Å². The van der Waals surface area contributed by atoms with E-state index in [4.69, 9.17) is 0 Å². The van der Waals surface area contributed by atoms with Gasteiger partial charge >= 0.3 is 0 Å². The molecular weight excluding hydrogens is 414 g/mol. The molecule has 3 N–H and O–H groups in total. The van der Waals surface area contributed by atoms with Crippen molar-refractivity contribution in [3.63, 3.8) is 0 Å². The Balaban J connectivity index is 1.23. The van der Waals surface area contributed by atoms with Gasteiger partial charge in [-0.15, -0.1) is 5.10 Å². The molecule has 166 valence electrons. The minimum Gasteiger partial charge on any atom is -0.315 e. The van der Waals surface area contributed by atoms with E-state index >= 15 is 0 Å². The van der Waals surface area contributed by atoms with Gasteiger partial charge in [0.25, 0.3) is 11.8 Å². The van der Waals surface area contributed by atoms with Gasteiger partial charge in [-0.05, 0) is 37.1 Å². The summed E-state index contributed by atoms with van der Waals surface area (Å²) in [6.07, 6.45) is 3.21. The number of hydrogen-bond acceptors (Lipinski definition) is 8. The van der Waals surface area contributed by atoms with Crippen LogP contribution in [0.3, 0.4) is 0 Å². The molecular formula is C21H23N7O4. The van der Waals surface area contributed by atoms with Crippen molar-refractivity contribution >= 4 is 23.6 Å². The zero-order chi connectivity index (χ0) is 22.2. The number of amides is 4. The number of piperidine rings is 1. The van der Waals surface area contributed by atoms with Gasteiger partial charge < -0.3 is 10.6 Å². The van der Waals surface area contributed by atoms with Gasteiger partial charge in [-0.2, -0.15) is 0 Å². The highest BCUT2D eigenvalue weighted by Gasteiger charge is 2.44. The highest BCUT2D eigenvalue weighted by Crippen LogP contribution is 2.28. The lowest BCUT2D eigenvalue weighted by Crippen LogP contribution is -2.54. The van der Waals surface area contributed by atoms with E-state index in [1.807, 2.05) is 10.9 Å². The van der Waals surface area contributed by atoms with Crippen LogP contribution in [0.1, 0.15) is 57.3 Å². The van der Waals surface area contributed by atoms with Gasteiger partial charge in [-0.25, -0.2) is 4.68 Å². The van der Waals surface area contributed by atoms with Crippen molar-refractivity contribution < 1.29 is 19.2 Å². The Hall–Kier alpha value is -3.44. The van der Waals surface area contributed by atoms with Crippen LogP contribution in [0, 0.1) is 0 Å². The Morgan fingerprint density at radius 2 is 1.91 bits per heavy atom. The number of imide groups is 2. The maximum Gasteiger partial charge on any atom is 0.262 e. The molecule has 32 heavy (non-hydrogen) atoms. The molecule has 0 aliphatic carbocycles. The van der Waals surface area contributed by atoms with Crippen molar-refractivity contribution in [3.05, 3.63) is 46.8 Å². The number of rotatable bonds is 6. The Morgan fingerprint density at radius 3 is 2.69 bits per heavy atom. The van der Waals surface area contributed by atoms with Gasteiger partial charge in [-0.3, -0.25) is 29.4 Å². The Labute approximate surface area is 183 Å². The summed E-state index contributed by atoms with van der Waals surface area (Å²) in [7, 11) is 0. The van der Waals surface area contributed by atoms with Crippen LogP contribution >= 0.6 is 0 Å². The second-order valence-corrected chi connectivity index (χ2v) is 8.27. The van der Waals surface area contributed by atoms with Crippen LogP contribution in [0.15, 0.2) is 24.4 Å². The summed E-state index contributed by atoms with van der Waals surface area (Å²) in [5.74, 6) is -2.01. The van der Waals surface area contributed by atoms with Crippen molar-refractivity contribution in [2.75, 3.05) is 13.1 Å². The van der Waals surface area contributed by atoms with E-state index in [2.05, 4.69) is 26.3 Å². The topological polar surface area (TPSA) is 138 Å². The molecule has 3 aliphatic rings. The van der Waals surface area contributed by atoms with Gasteiger partial charge in [0, 0.05) is 26.1 Å². The van der Waals surface area contributed by atoms with Crippen LogP contribution in [0.5, 0.6) is 0 Å². The molecule has 11 heteroatoms. The fraction of sp³-hybridized carbons (Fsp3) is 0.429. The van der Waals surface area contributed by atoms with Crippen molar-refractivity contribution in [1.82, 2.24) is 35.8 Å². The number of carbonyl (C=O) groups is 4. The molecule has 1 aromatic heterocycles. The number of fused-ring (bicyclic) bond motifs is 1. The summed E-state index contributed by atoms with van der Waals surface area (Å²) in [5.41, 5.74) is 2.21. The predicted molar refractivity (Wildman–Crippen MR) is 110 cm³/mol. The first-order valence-corrected chi connectivity index (χ1v) is 10.7. The smallest absolute Gasteiger partial charge is 0.262 e. The van der Waals surface area contributed by atoms with Gasteiger partial charge in [0.2, 0.25) is 11.8 Å². The van der Waals surface area contributed by atoms with E-state index < -0.39 is 29.7 Å². The Kier molecular flexibility index (Phi) is 5.27. The maximum atomic E-state index is 12.9. The highest BCUT2D eigenvalue weighted by atomic mass is 16.2. The second kappa shape index (κ2) is 8.24. The van der Waals surface area contributed by atoms with Crippen LogP contribution in [-0.2, 0) is 22.7 Å². The molecule has 1 aromatic carbocycles. The standard InChI is InChI=1S/C21H23N7O4/c29-18-4-3-17(19(30)24-18)28-20(31)15-2-1-12(7-16(15)21(28)32)8-23-9-13-11-27(26-25-13)14-5-6-22-10-14/h1-2,7,11,14,17,22-23H,3-6,8-10H2,(H,24,29,30). The van der Waals surface area contributed by atoms with Crippen LogP contribution in [-0.4, -0.2) is 62.7 Å². The van der Waals surface area contributed by atoms with Crippen molar-refractivity contribution in [1.29, 1.82) is 0 Å². The lowest BCUT2D eigenvalue weighted by Gasteiger charge is -2.27. The zero-order valence-corrected chi connectivity index (χ0v) is 17.3. The molecule has 0 saturated carbocycles. The van der Waals surface area contributed by atoms with Gasteiger partial charge in [0.15, 0.2) is 0 Å². The third-order valence-corrected chi connectivity index (χ3v) is 6.11. The summed E-state index contributed by atoms with van der Waals surface area (Å²) in [6, 6.07) is 4.45. The number of aromatic nitrogens is 3. The van der Waals surface area contributed by atoms with Crippen LogP contribution < -0.4 is 16.0 Å². The fourth-order valence-corrected chi connectivity index (χ4v) is 4.40. The summed E-state index contributed by atoms with van der Waals surface area (Å²) < 4.78 is 1.89. The van der Waals surface area contributed by atoms with Crippen molar-refractivity contribution in [3.8, 4) is 0 Å². The summed E-state index contributed by atoms with van der Waals surface area (Å²) in [4.78, 5) is 50.2. The normalized spacial score (nSPS) is 23.1. The molecule has 2 atom stereocenters. The van der Waals surface area contributed by atoms with Crippen LogP contribution in [0.2, 0.25) is 0 Å². The van der Waals surface area contributed by atoms with Crippen LogP contribution in [0.25, 0.3) is 0 Å². The monoisotopic (exact) mass is 437 g/mol. The average molecular weight is 437 g/mol. The van der Waals surface area contributed by atoms with E-state index in [1.165, 1.54) is 0 Å². The molecule has 2 aromatic rings. The molecule has 0 bridgehead atoms. The fourth-order valence-electron chi connectivity index (χ4n) is 4.40. The van der Waals surface area contributed by atoms with Crippen molar-refractivity contribution in [2.45, 2.75) is 44.4 Å². The summed E-state index contributed by atoms with van der Waals surface area (Å²) in [5, 5.41) is 17.2. The summed E-state index contributed by atoms with van der Waals surface area (Å²) in [6.45, 7) is 2.88. The SMILES string of the molecule is O=C1CCC(N2C(=O)c3ccc(CNCc4cn(C5CCNC5)nn4)cc3C2=O)C(=O)N1. The average Bonchev–Trinajstić information content (AvgIpc) is 3.51. The molecule has 2 fully saturated rings. The number of benzene rings is 1. The molecule has 2 saturated heterocycles. The van der Waals surface area contributed by atoms with Crippen LogP contribution in [0.4, 0.5) is 0 Å². The van der Waals surface area contributed by atoms with Gasteiger partial charge in [0.1, 0.15) is 6.04 Å². The minimum atomic E-state index is -0.959. The third kappa shape index (κ3) is 3.69. The molecule has 3 aliphatic heterocycles. The van der Waals surface area contributed by atoms with E-state index in [-0.39, 0.29) is 24.0 Å². The number of nitrogens with one attached hydrogen (secondary N) is 3. The molecule has 11 nitrogen and oxygen atoms in total. The van der Waals surface area contributed by atoms with Gasteiger partial charge in [-0.1, -0.05) is 11.3 Å². The quantitative estimate of drug-likeness (QED) is 0.515. The molecule has 4 heterocycles. The first kappa shape index (κ1) is 20.5. The first-order valence-electron chi connectivity index (χ1n) is 10.7. The van der Waals surface area contributed by atoms with Gasteiger partial charge in [0.05, 0.1) is 29.1 Å². The minimum absolute atomic E-state index is 0.0981. The van der Waals surface area contributed by atoms with E-state index in [0.717, 1.165) is 35.7 Å². The predicted octanol–water partition coefficient (Wildman–Crippen LogP) is -0.496. The molecule has 2 unspecified atom stereocenters. The number of hydrogen-bond donors (Lipinski definition) is 3. The number of nitrogens with zero attached hydrogens (tertiary/aromatic N) is 4. The number of carbonyl (C=O) groups excluding carboxylic acids is 4. The van der Waals surface area contributed by atoms with E-state index in [1.54, 1.807) is 18.2 Å². The Bertz CT molecular complexity index is 1110. The molecule has 0 radical (unpaired) electrons. The maximum absolute atomic E-state index is 12.9. The van der Waals surface area contributed by atoms with E-state index in [0.29, 0.717) is 19.1 Å². The lowest BCUT2D eigenvalue weighted by molar-refractivity contribution is -0.136. The molecule has 0 spiro atoms. The lowest BCUT2D eigenvalue weighted by atomic mass is 10.0. The van der Waals surface area contributed by atoms with Crippen molar-refractivity contribution in [2.24, 2.45) is 0 Å². The first-order chi connectivity index (χ1) is 15.5.